The summed E-state index contributed by atoms with van der Waals surface area (Å²) >= 11 is 0. The Bertz CT molecular complexity index is 930. The molecule has 2 aromatic rings. The molecule has 0 spiro atoms. The summed E-state index contributed by atoms with van der Waals surface area (Å²) in [6.07, 6.45) is 0.455. The number of anilines is 1. The number of carbonyl (C=O) groups is 1. The van der Waals surface area contributed by atoms with Gasteiger partial charge in [0.25, 0.3) is 0 Å². The Hall–Kier alpha value is -2.95. The van der Waals surface area contributed by atoms with Gasteiger partial charge in [0.15, 0.2) is 0 Å². The van der Waals surface area contributed by atoms with Gasteiger partial charge in [-0.1, -0.05) is 24.3 Å². The summed E-state index contributed by atoms with van der Waals surface area (Å²) < 4.78 is 24.7. The van der Waals surface area contributed by atoms with E-state index in [2.05, 4.69) is 40.9 Å². The molecule has 0 radical (unpaired) electrons. The normalized spacial score (nSPS) is 19.2. The van der Waals surface area contributed by atoms with E-state index in [1.807, 2.05) is 18.2 Å². The highest BCUT2D eigenvalue weighted by Gasteiger charge is 2.22. The average molecular weight is 411 g/mol. The first-order chi connectivity index (χ1) is 14.4. The maximum absolute atomic E-state index is 14.3. The third-order valence-electron chi connectivity index (χ3n) is 5.02. The lowest BCUT2D eigenvalue weighted by molar-refractivity contribution is -0.0704. The Balaban J connectivity index is 1.67. The molecule has 0 saturated carbocycles. The molecule has 1 aliphatic heterocycles. The second-order valence-corrected chi connectivity index (χ2v) is 7.61. The van der Waals surface area contributed by atoms with Crippen molar-refractivity contribution >= 4 is 11.7 Å². The van der Waals surface area contributed by atoms with Gasteiger partial charge in [-0.2, -0.15) is 5.26 Å². The zero-order valence-electron chi connectivity index (χ0n) is 17.4. The van der Waals surface area contributed by atoms with Crippen molar-refractivity contribution in [1.82, 2.24) is 4.90 Å². The number of halogens is 1. The SMILES string of the molecule is COC(=O)c1c(F)cc(C#N)cc1NCc1ccc(CN2C[C@@H](C)O[C@@H](C)C2)cc1. The van der Waals surface area contributed by atoms with Crippen molar-refractivity contribution in [2.75, 3.05) is 25.5 Å². The Morgan fingerprint density at radius 2 is 1.87 bits per heavy atom. The second-order valence-electron chi connectivity index (χ2n) is 7.61. The predicted molar refractivity (Wildman–Crippen MR) is 112 cm³/mol. The molecule has 0 bridgehead atoms. The van der Waals surface area contributed by atoms with Crippen LogP contribution in [0.3, 0.4) is 0 Å². The van der Waals surface area contributed by atoms with Crippen LogP contribution in [0.1, 0.15) is 40.9 Å². The molecule has 1 heterocycles. The van der Waals surface area contributed by atoms with E-state index in [0.717, 1.165) is 31.3 Å². The molecule has 2 atom stereocenters. The summed E-state index contributed by atoms with van der Waals surface area (Å²) in [6, 6.07) is 12.5. The lowest BCUT2D eigenvalue weighted by Gasteiger charge is -2.35. The van der Waals surface area contributed by atoms with Gasteiger partial charge < -0.3 is 14.8 Å². The molecule has 0 unspecified atom stereocenters. The van der Waals surface area contributed by atoms with Crippen LogP contribution in [0.5, 0.6) is 0 Å². The van der Waals surface area contributed by atoms with Gasteiger partial charge in [0.2, 0.25) is 0 Å². The van der Waals surface area contributed by atoms with Gasteiger partial charge in [-0.15, -0.1) is 0 Å². The number of nitriles is 1. The summed E-state index contributed by atoms with van der Waals surface area (Å²) in [5, 5.41) is 12.1. The monoisotopic (exact) mass is 411 g/mol. The summed E-state index contributed by atoms with van der Waals surface area (Å²) in [7, 11) is 1.19. The quantitative estimate of drug-likeness (QED) is 0.731. The molecule has 0 aromatic heterocycles. The maximum Gasteiger partial charge on any atom is 0.342 e. The first-order valence-electron chi connectivity index (χ1n) is 9.91. The Morgan fingerprint density at radius 3 is 2.47 bits per heavy atom. The number of nitrogens with one attached hydrogen (secondary N) is 1. The Kier molecular flexibility index (Phi) is 7.03. The van der Waals surface area contributed by atoms with Gasteiger partial charge >= 0.3 is 5.97 Å². The highest BCUT2D eigenvalue weighted by molar-refractivity contribution is 5.96. The van der Waals surface area contributed by atoms with Gasteiger partial charge in [0.05, 0.1) is 36.6 Å². The number of methoxy groups -OCH3 is 1. The molecule has 1 aliphatic rings. The number of esters is 1. The van der Waals surface area contributed by atoms with E-state index in [9.17, 15) is 9.18 Å². The van der Waals surface area contributed by atoms with Gasteiger partial charge in [0, 0.05) is 26.2 Å². The molecule has 0 aliphatic carbocycles. The number of rotatable bonds is 6. The number of hydrogen-bond donors (Lipinski definition) is 1. The van der Waals surface area contributed by atoms with Crippen LogP contribution in [0.2, 0.25) is 0 Å². The van der Waals surface area contributed by atoms with Crippen molar-refractivity contribution in [1.29, 1.82) is 5.26 Å². The third-order valence-corrected chi connectivity index (χ3v) is 5.02. The lowest BCUT2D eigenvalue weighted by atomic mass is 10.1. The van der Waals surface area contributed by atoms with E-state index >= 15 is 0 Å². The molecule has 1 fully saturated rings. The molecule has 1 N–H and O–H groups in total. The summed E-state index contributed by atoms with van der Waals surface area (Å²) in [5.41, 5.74) is 2.34. The molecular weight excluding hydrogens is 385 g/mol. The number of hydrogen-bond acceptors (Lipinski definition) is 6. The number of benzene rings is 2. The van der Waals surface area contributed by atoms with Crippen molar-refractivity contribution in [3.8, 4) is 6.07 Å². The number of ether oxygens (including phenoxy) is 2. The molecule has 3 rings (SSSR count). The van der Waals surface area contributed by atoms with Gasteiger partial charge in [-0.05, 0) is 37.1 Å². The third kappa shape index (κ3) is 5.35. The highest BCUT2D eigenvalue weighted by Crippen LogP contribution is 2.23. The molecular formula is C23H26FN3O3. The molecule has 1 saturated heterocycles. The zero-order valence-corrected chi connectivity index (χ0v) is 17.4. The number of nitrogens with zero attached hydrogens (tertiary/aromatic N) is 2. The van der Waals surface area contributed by atoms with Crippen molar-refractivity contribution < 1.29 is 18.7 Å². The fourth-order valence-corrected chi connectivity index (χ4v) is 3.75. The van der Waals surface area contributed by atoms with Crippen LogP contribution >= 0.6 is 0 Å². The van der Waals surface area contributed by atoms with Crippen LogP contribution in [0.15, 0.2) is 36.4 Å². The van der Waals surface area contributed by atoms with Crippen molar-refractivity contribution in [2.45, 2.75) is 39.1 Å². The van der Waals surface area contributed by atoms with Crippen LogP contribution in [0.4, 0.5) is 10.1 Å². The highest BCUT2D eigenvalue weighted by atomic mass is 19.1. The van der Waals surface area contributed by atoms with Gasteiger partial charge in [-0.25, -0.2) is 9.18 Å². The van der Waals surface area contributed by atoms with Crippen molar-refractivity contribution in [3.63, 3.8) is 0 Å². The molecule has 0 amide bonds. The first-order valence-corrected chi connectivity index (χ1v) is 9.91. The minimum Gasteiger partial charge on any atom is -0.465 e. The van der Waals surface area contributed by atoms with Crippen molar-refractivity contribution in [3.05, 3.63) is 64.5 Å². The largest absolute Gasteiger partial charge is 0.465 e. The first kappa shape index (κ1) is 21.8. The molecule has 158 valence electrons. The second kappa shape index (κ2) is 9.70. The van der Waals surface area contributed by atoms with E-state index in [-0.39, 0.29) is 29.0 Å². The number of carbonyl (C=O) groups excluding carboxylic acids is 1. The Morgan fingerprint density at radius 1 is 1.23 bits per heavy atom. The molecule has 30 heavy (non-hydrogen) atoms. The molecule has 2 aromatic carbocycles. The van der Waals surface area contributed by atoms with E-state index in [1.165, 1.54) is 18.7 Å². The predicted octanol–water partition coefficient (Wildman–Crippen LogP) is 3.71. The number of morpholine rings is 1. The van der Waals surface area contributed by atoms with Crippen molar-refractivity contribution in [2.24, 2.45) is 0 Å². The standard InChI is InChI=1S/C23H26FN3O3/c1-15-12-27(13-16(2)30-15)14-18-6-4-17(5-7-18)11-26-21-9-19(10-25)8-20(24)22(21)23(28)29-3/h4-9,15-16,26H,11-14H2,1-3H3/t15-,16+. The van der Waals surface area contributed by atoms with E-state index in [1.54, 1.807) is 0 Å². The summed E-state index contributed by atoms with van der Waals surface area (Å²) in [4.78, 5) is 14.3. The maximum atomic E-state index is 14.3. The van der Waals surface area contributed by atoms with E-state index in [4.69, 9.17) is 10.00 Å². The topological polar surface area (TPSA) is 74.6 Å². The molecule has 7 heteroatoms. The smallest absolute Gasteiger partial charge is 0.342 e. The summed E-state index contributed by atoms with van der Waals surface area (Å²) in [6.45, 7) is 7.22. The minimum atomic E-state index is -0.788. The minimum absolute atomic E-state index is 0.131. The Labute approximate surface area is 176 Å². The van der Waals surface area contributed by atoms with Crippen LogP contribution in [0, 0.1) is 17.1 Å². The lowest BCUT2D eigenvalue weighted by Crippen LogP contribution is -2.44. The average Bonchev–Trinajstić information content (AvgIpc) is 2.71. The van der Waals surface area contributed by atoms with E-state index < -0.39 is 11.8 Å². The molecule has 6 nitrogen and oxygen atoms in total. The summed E-state index contributed by atoms with van der Waals surface area (Å²) in [5.74, 6) is -1.57. The van der Waals surface area contributed by atoms with Crippen LogP contribution < -0.4 is 5.32 Å². The van der Waals surface area contributed by atoms with Crippen LogP contribution in [0.25, 0.3) is 0 Å². The van der Waals surface area contributed by atoms with Crippen LogP contribution in [-0.4, -0.2) is 43.3 Å². The van der Waals surface area contributed by atoms with Crippen LogP contribution in [-0.2, 0) is 22.6 Å². The van der Waals surface area contributed by atoms with Gasteiger partial charge in [-0.3, -0.25) is 4.90 Å². The van der Waals surface area contributed by atoms with E-state index in [0.29, 0.717) is 6.54 Å². The van der Waals surface area contributed by atoms with Gasteiger partial charge in [0.1, 0.15) is 11.4 Å². The fraction of sp³-hybridized carbons (Fsp3) is 0.391. The zero-order chi connectivity index (χ0) is 21.7. The fourth-order valence-electron chi connectivity index (χ4n) is 3.75.